The Morgan fingerprint density at radius 2 is 2.19 bits per heavy atom. The van der Waals surface area contributed by atoms with Gasteiger partial charge in [0, 0.05) is 4.88 Å². The van der Waals surface area contributed by atoms with E-state index in [1.54, 1.807) is 13.0 Å². The van der Waals surface area contributed by atoms with Gasteiger partial charge in [-0.05, 0) is 60.6 Å². The summed E-state index contributed by atoms with van der Waals surface area (Å²) in [7, 11) is 0. The van der Waals surface area contributed by atoms with Crippen LogP contribution in [0.3, 0.4) is 0 Å². The van der Waals surface area contributed by atoms with Gasteiger partial charge in [-0.25, -0.2) is 9.42 Å². The number of ether oxygens (including phenoxy) is 1. The average Bonchev–Trinajstić information content (AvgIpc) is 3.25. The summed E-state index contributed by atoms with van der Waals surface area (Å²) < 4.78 is 9.84. The molecule has 0 atom stereocenters. The quantitative estimate of drug-likeness (QED) is 0.396. The normalized spacial score (nSPS) is 13.4. The predicted molar refractivity (Wildman–Crippen MR) is 98.7 cm³/mol. The van der Waals surface area contributed by atoms with E-state index in [0.717, 1.165) is 36.1 Å². The smallest absolute Gasteiger partial charge is 0.341 e. The van der Waals surface area contributed by atoms with Crippen LogP contribution in [0.1, 0.15) is 40.6 Å². The number of hydrogen-bond acceptors (Lipinski definition) is 9. The van der Waals surface area contributed by atoms with E-state index in [9.17, 15) is 14.9 Å². The third kappa shape index (κ3) is 3.01. The van der Waals surface area contributed by atoms with E-state index in [4.69, 9.17) is 4.74 Å². The molecule has 0 unspecified atom stereocenters. The third-order valence-electron chi connectivity index (χ3n) is 4.48. The Hall–Kier alpha value is -3.01. The van der Waals surface area contributed by atoms with Gasteiger partial charge in [0.1, 0.15) is 16.2 Å². The van der Waals surface area contributed by atoms with Crippen molar-refractivity contribution in [3.63, 3.8) is 0 Å². The molecule has 2 aromatic heterocycles. The second kappa shape index (κ2) is 6.95. The highest BCUT2D eigenvalue weighted by Gasteiger charge is 2.29. The van der Waals surface area contributed by atoms with Crippen molar-refractivity contribution in [1.82, 2.24) is 10.3 Å². The molecule has 0 saturated heterocycles. The first kappa shape index (κ1) is 17.4. The Labute approximate surface area is 157 Å². The van der Waals surface area contributed by atoms with E-state index >= 15 is 0 Å². The highest BCUT2D eigenvalue weighted by Crippen LogP contribution is 2.42. The van der Waals surface area contributed by atoms with Crippen LogP contribution in [0.5, 0.6) is 0 Å². The molecule has 1 aliphatic carbocycles. The zero-order chi connectivity index (χ0) is 19.0. The predicted octanol–water partition coefficient (Wildman–Crippen LogP) is 3.99. The number of benzene rings is 1. The first-order chi connectivity index (χ1) is 13.1. The summed E-state index contributed by atoms with van der Waals surface area (Å²) in [5.74, 6) is -0.411. The molecular weight excluding hydrogens is 372 g/mol. The van der Waals surface area contributed by atoms with Crippen LogP contribution >= 0.6 is 11.3 Å². The second-order valence-corrected chi connectivity index (χ2v) is 7.22. The molecule has 0 aliphatic heterocycles. The van der Waals surface area contributed by atoms with Gasteiger partial charge in [0.25, 0.3) is 0 Å². The van der Waals surface area contributed by atoms with Gasteiger partial charge in [0.05, 0.1) is 17.1 Å². The number of esters is 1. The average molecular weight is 388 g/mol. The van der Waals surface area contributed by atoms with Crippen LogP contribution in [0.15, 0.2) is 16.8 Å². The molecule has 9 nitrogen and oxygen atoms in total. The van der Waals surface area contributed by atoms with Gasteiger partial charge in [-0.1, -0.05) is 0 Å². The summed E-state index contributed by atoms with van der Waals surface area (Å²) in [5, 5.41) is 22.5. The topological polar surface area (TPSA) is 120 Å². The molecule has 0 radical (unpaired) electrons. The van der Waals surface area contributed by atoms with Crippen LogP contribution in [-0.2, 0) is 17.6 Å². The maximum Gasteiger partial charge on any atom is 0.341 e. The lowest BCUT2D eigenvalue weighted by molar-refractivity contribution is -0.382. The number of thiophene rings is 1. The van der Waals surface area contributed by atoms with Crippen LogP contribution in [-0.4, -0.2) is 27.8 Å². The molecule has 1 aromatic carbocycles. The van der Waals surface area contributed by atoms with Crippen LogP contribution < -0.4 is 5.32 Å². The SMILES string of the molecule is CCOC(=O)c1c(Nc2ccc3nonc3c2[N+](=O)[O-])sc2c1CCCC2. The number of rotatable bonds is 5. The summed E-state index contributed by atoms with van der Waals surface area (Å²) >= 11 is 1.44. The lowest BCUT2D eigenvalue weighted by Crippen LogP contribution is -2.11. The van der Waals surface area contributed by atoms with E-state index in [1.807, 2.05) is 0 Å². The summed E-state index contributed by atoms with van der Waals surface area (Å²) in [6.07, 6.45) is 3.76. The van der Waals surface area contributed by atoms with E-state index in [-0.39, 0.29) is 23.5 Å². The van der Waals surface area contributed by atoms with Gasteiger partial charge in [0.2, 0.25) is 5.52 Å². The Balaban J connectivity index is 1.82. The minimum atomic E-state index is -0.535. The lowest BCUT2D eigenvalue weighted by Gasteiger charge is -2.12. The van der Waals surface area contributed by atoms with Crippen LogP contribution in [0, 0.1) is 10.1 Å². The molecular formula is C17H16N4O5S. The Morgan fingerprint density at radius 1 is 1.37 bits per heavy atom. The molecule has 1 aliphatic rings. The van der Waals surface area contributed by atoms with Gasteiger partial charge >= 0.3 is 11.7 Å². The highest BCUT2D eigenvalue weighted by molar-refractivity contribution is 7.16. The van der Waals surface area contributed by atoms with Gasteiger partial charge in [-0.3, -0.25) is 10.1 Å². The van der Waals surface area contributed by atoms with Crippen molar-refractivity contribution in [1.29, 1.82) is 0 Å². The molecule has 140 valence electrons. The molecule has 2 heterocycles. The number of nitro benzene ring substituents is 1. The summed E-state index contributed by atoms with van der Waals surface area (Å²) in [4.78, 5) is 24.7. The van der Waals surface area contributed by atoms with Gasteiger partial charge in [0.15, 0.2) is 0 Å². The molecule has 1 N–H and O–H groups in total. The maximum absolute atomic E-state index is 12.6. The molecule has 0 fully saturated rings. The van der Waals surface area contributed by atoms with Crippen molar-refractivity contribution in [2.45, 2.75) is 32.6 Å². The van der Waals surface area contributed by atoms with E-state index in [0.29, 0.717) is 16.1 Å². The second-order valence-electron chi connectivity index (χ2n) is 6.11. The first-order valence-electron chi connectivity index (χ1n) is 8.58. The van der Waals surface area contributed by atoms with Crippen molar-refractivity contribution in [2.75, 3.05) is 11.9 Å². The first-order valence-corrected chi connectivity index (χ1v) is 9.40. The fourth-order valence-corrected chi connectivity index (χ4v) is 4.61. The van der Waals surface area contributed by atoms with Gasteiger partial charge < -0.3 is 10.1 Å². The summed E-state index contributed by atoms with van der Waals surface area (Å²) in [6, 6.07) is 3.12. The number of hydrogen-bond donors (Lipinski definition) is 1. The van der Waals surface area contributed by atoms with Gasteiger partial charge in [-0.15, -0.1) is 11.3 Å². The number of nitro groups is 1. The number of aryl methyl sites for hydroxylation is 1. The number of anilines is 2. The van der Waals surface area contributed by atoms with Gasteiger partial charge in [-0.2, -0.15) is 0 Å². The Bertz CT molecular complexity index is 1040. The Kier molecular flexibility index (Phi) is 4.48. The van der Waals surface area contributed by atoms with Crippen molar-refractivity contribution >= 4 is 44.7 Å². The number of carbonyl (C=O) groups excluding carboxylic acids is 1. The molecule has 0 saturated carbocycles. The zero-order valence-corrected chi connectivity index (χ0v) is 15.3. The Morgan fingerprint density at radius 3 is 2.96 bits per heavy atom. The number of fused-ring (bicyclic) bond motifs is 2. The molecule has 4 rings (SSSR count). The fraction of sp³-hybridized carbons (Fsp3) is 0.353. The minimum Gasteiger partial charge on any atom is -0.462 e. The monoisotopic (exact) mass is 388 g/mol. The number of aromatic nitrogens is 2. The highest BCUT2D eigenvalue weighted by atomic mass is 32.1. The molecule has 3 aromatic rings. The number of nitrogens with one attached hydrogen (secondary N) is 1. The van der Waals surface area contributed by atoms with Crippen molar-refractivity contribution < 1.29 is 19.1 Å². The zero-order valence-electron chi connectivity index (χ0n) is 14.5. The third-order valence-corrected chi connectivity index (χ3v) is 5.69. The standard InChI is InChI=1S/C17H16N4O5S/c1-2-25-17(22)13-9-5-3-4-6-12(9)27-16(13)18-11-8-7-10-14(20-26-19-10)15(11)21(23)24/h7-8,18H,2-6H2,1H3. The molecule has 10 heteroatoms. The minimum absolute atomic E-state index is 0.0593. The van der Waals surface area contributed by atoms with Crippen LogP contribution in [0.25, 0.3) is 11.0 Å². The fourth-order valence-electron chi connectivity index (χ4n) is 3.32. The van der Waals surface area contributed by atoms with Crippen molar-refractivity contribution in [3.8, 4) is 0 Å². The molecule has 0 spiro atoms. The molecule has 0 bridgehead atoms. The molecule has 0 amide bonds. The molecule has 27 heavy (non-hydrogen) atoms. The van der Waals surface area contributed by atoms with E-state index in [1.165, 1.54) is 17.4 Å². The van der Waals surface area contributed by atoms with Crippen LogP contribution in [0.4, 0.5) is 16.4 Å². The van der Waals surface area contributed by atoms with Crippen molar-refractivity contribution in [2.24, 2.45) is 0 Å². The lowest BCUT2D eigenvalue weighted by atomic mass is 9.95. The number of carbonyl (C=O) groups is 1. The van der Waals surface area contributed by atoms with Crippen molar-refractivity contribution in [3.05, 3.63) is 38.3 Å². The van der Waals surface area contributed by atoms with E-state index < -0.39 is 10.9 Å². The largest absolute Gasteiger partial charge is 0.462 e. The summed E-state index contributed by atoms with van der Waals surface area (Å²) in [5.41, 5.74) is 1.80. The van der Waals surface area contributed by atoms with Crippen LogP contribution in [0.2, 0.25) is 0 Å². The van der Waals surface area contributed by atoms with E-state index in [2.05, 4.69) is 20.3 Å². The summed E-state index contributed by atoms with van der Waals surface area (Å²) in [6.45, 7) is 2.01. The maximum atomic E-state index is 12.6. The number of nitrogens with zero attached hydrogens (tertiary/aromatic N) is 3.